The van der Waals surface area contributed by atoms with Gasteiger partial charge in [0.05, 0.1) is 22.0 Å². The van der Waals surface area contributed by atoms with E-state index >= 15 is 0 Å². The van der Waals surface area contributed by atoms with Gasteiger partial charge in [0.2, 0.25) is 0 Å². The first-order chi connectivity index (χ1) is 19.6. The molecule has 7 nitrogen and oxygen atoms in total. The van der Waals surface area contributed by atoms with Crippen molar-refractivity contribution in [2.75, 3.05) is 11.9 Å². The number of benzene rings is 4. The molecule has 1 aromatic heterocycles. The molecule has 0 saturated heterocycles. The minimum Gasteiger partial charge on any atom is -0.461 e. The van der Waals surface area contributed by atoms with Gasteiger partial charge in [0.25, 0.3) is 15.9 Å². The summed E-state index contributed by atoms with van der Waals surface area (Å²) in [6, 6.07) is 23.2. The predicted octanol–water partition coefficient (Wildman–Crippen LogP) is 7.73. The molecule has 5 rings (SSSR count). The molecule has 0 spiro atoms. The Balaban J connectivity index is 1.74. The molecule has 1 amide bonds. The molecule has 1 heterocycles. The first-order valence-electron chi connectivity index (χ1n) is 12.3. The van der Waals surface area contributed by atoms with Crippen LogP contribution in [0.2, 0.25) is 10.0 Å². The van der Waals surface area contributed by atoms with Crippen LogP contribution in [0.25, 0.3) is 27.8 Å². The van der Waals surface area contributed by atoms with Crippen LogP contribution in [0.4, 0.5) is 5.69 Å². The van der Waals surface area contributed by atoms with E-state index in [1.807, 2.05) is 30.3 Å². The number of halogens is 3. The Kier molecular flexibility index (Phi) is 8.11. The smallest absolute Gasteiger partial charge is 0.356 e. The maximum absolute atomic E-state index is 13.9. The lowest BCUT2D eigenvalue weighted by Crippen LogP contribution is -2.20. The van der Waals surface area contributed by atoms with Crippen LogP contribution in [0.5, 0.6) is 0 Å². The Morgan fingerprint density at radius 3 is 2.37 bits per heavy atom. The van der Waals surface area contributed by atoms with E-state index in [4.69, 9.17) is 39.5 Å². The number of nitrogens with zero attached hydrogens (tertiary/aromatic N) is 1. The number of ether oxygens (including phenoxy) is 1. The molecular formula is C30H21Cl3N2O5S. The number of fused-ring (bicyclic) bond motifs is 2. The molecule has 0 aliphatic heterocycles. The van der Waals surface area contributed by atoms with Crippen molar-refractivity contribution < 1.29 is 22.7 Å². The van der Waals surface area contributed by atoms with Gasteiger partial charge in [0, 0.05) is 27.0 Å². The summed E-state index contributed by atoms with van der Waals surface area (Å²) in [6.07, 6.45) is 1.20. The van der Waals surface area contributed by atoms with Crippen LogP contribution in [0.1, 0.15) is 23.0 Å². The van der Waals surface area contributed by atoms with E-state index < -0.39 is 21.9 Å². The van der Waals surface area contributed by atoms with Gasteiger partial charge in [-0.2, -0.15) is 0 Å². The summed E-state index contributed by atoms with van der Waals surface area (Å²) in [7, 11) is -4.38. The topological polar surface area (TPSA) is 94.5 Å². The highest BCUT2D eigenvalue weighted by Gasteiger charge is 2.32. The number of anilines is 1. The Hall–Kier alpha value is -3.82. The minimum atomic E-state index is -4.38. The highest BCUT2D eigenvalue weighted by Crippen LogP contribution is 2.39. The first kappa shape index (κ1) is 28.7. The molecule has 5 aromatic rings. The fourth-order valence-corrected chi connectivity index (χ4v) is 6.79. The molecule has 0 radical (unpaired) electrons. The lowest BCUT2D eigenvalue weighted by Gasteiger charge is -2.12. The van der Waals surface area contributed by atoms with Crippen molar-refractivity contribution in [3.8, 4) is 0 Å². The van der Waals surface area contributed by atoms with Gasteiger partial charge in [-0.05, 0) is 48.7 Å². The zero-order chi connectivity index (χ0) is 29.3. The van der Waals surface area contributed by atoms with Crippen molar-refractivity contribution in [3.05, 3.63) is 111 Å². The number of esters is 1. The van der Waals surface area contributed by atoms with Gasteiger partial charge in [0.15, 0.2) is 5.69 Å². The second-order valence-electron chi connectivity index (χ2n) is 8.82. The van der Waals surface area contributed by atoms with Gasteiger partial charge in [-0.25, -0.2) is 17.2 Å². The quantitative estimate of drug-likeness (QED) is 0.147. The molecule has 0 unspecified atom stereocenters. The van der Waals surface area contributed by atoms with Crippen LogP contribution < -0.4 is 5.32 Å². The molecule has 4 aromatic carbocycles. The summed E-state index contributed by atoms with van der Waals surface area (Å²) < 4.78 is 33.9. The molecule has 11 heteroatoms. The second kappa shape index (κ2) is 11.6. The number of hydrogen-bond acceptors (Lipinski definition) is 5. The minimum absolute atomic E-state index is 0.0135. The van der Waals surface area contributed by atoms with Crippen molar-refractivity contribution in [1.82, 2.24) is 3.97 Å². The molecule has 0 saturated carbocycles. The molecule has 208 valence electrons. The van der Waals surface area contributed by atoms with Crippen molar-refractivity contribution in [2.45, 2.75) is 11.8 Å². The van der Waals surface area contributed by atoms with E-state index in [-0.39, 0.29) is 48.7 Å². The van der Waals surface area contributed by atoms with Crippen molar-refractivity contribution >= 4 is 90.1 Å². The van der Waals surface area contributed by atoms with Crippen LogP contribution in [0, 0.1) is 0 Å². The van der Waals surface area contributed by atoms with Crippen molar-refractivity contribution in [1.29, 1.82) is 0 Å². The van der Waals surface area contributed by atoms with Crippen LogP contribution in [-0.2, 0) is 19.6 Å². The maximum Gasteiger partial charge on any atom is 0.356 e. The number of carbonyl (C=O) groups excluding carboxylic acids is 2. The van der Waals surface area contributed by atoms with E-state index in [9.17, 15) is 18.0 Å². The summed E-state index contributed by atoms with van der Waals surface area (Å²) in [5.74, 6) is -1.64. The fraction of sp³-hybridized carbons (Fsp3) is 0.0667. The first-order valence-corrected chi connectivity index (χ1v) is 14.9. The Bertz CT molecular complexity index is 1960. The molecular weight excluding hydrogens is 607 g/mol. The van der Waals surface area contributed by atoms with Crippen molar-refractivity contribution in [3.63, 3.8) is 0 Å². The van der Waals surface area contributed by atoms with Crippen LogP contribution in [0.15, 0.2) is 94.9 Å². The lowest BCUT2D eigenvalue weighted by molar-refractivity contribution is -0.112. The van der Waals surface area contributed by atoms with Gasteiger partial charge >= 0.3 is 5.97 Å². The number of amides is 1. The molecule has 0 atom stereocenters. The van der Waals surface area contributed by atoms with E-state index in [1.165, 1.54) is 30.3 Å². The highest BCUT2D eigenvalue weighted by molar-refractivity contribution is 7.90. The number of carbonyl (C=O) groups is 2. The third-order valence-electron chi connectivity index (χ3n) is 6.26. The Morgan fingerprint density at radius 2 is 1.63 bits per heavy atom. The zero-order valence-corrected chi connectivity index (χ0v) is 24.5. The molecule has 0 fully saturated rings. The second-order valence-corrected chi connectivity index (χ2v) is 11.9. The normalized spacial score (nSPS) is 12.0. The summed E-state index contributed by atoms with van der Waals surface area (Å²) >= 11 is 19.4. The van der Waals surface area contributed by atoms with E-state index in [0.717, 1.165) is 14.7 Å². The average molecular weight is 628 g/mol. The summed E-state index contributed by atoms with van der Waals surface area (Å²) in [4.78, 5) is 26.5. The third-order valence-corrected chi connectivity index (χ3v) is 8.78. The SMILES string of the molecule is CCOC(=O)c1c(/C=C(/Cl)C(=O)Nc2cccc3ccccc23)c2c(Cl)cc(Cl)cc2n1S(=O)(=O)c1ccccc1. The predicted molar refractivity (Wildman–Crippen MR) is 163 cm³/mol. The van der Waals surface area contributed by atoms with E-state index in [1.54, 1.807) is 37.3 Å². The fourth-order valence-electron chi connectivity index (χ4n) is 4.52. The van der Waals surface area contributed by atoms with Gasteiger partial charge in [-0.15, -0.1) is 0 Å². The van der Waals surface area contributed by atoms with Gasteiger partial charge in [-0.3, -0.25) is 4.79 Å². The molecule has 0 bridgehead atoms. The molecule has 0 aliphatic carbocycles. The average Bonchev–Trinajstić information content (AvgIpc) is 3.28. The number of aromatic nitrogens is 1. The zero-order valence-electron chi connectivity index (χ0n) is 21.4. The standard InChI is InChI=1S/C30H21Cl3N2O5S/c1-2-40-30(37)28-22(17-24(33)29(36)34-25-14-8-10-18-9-6-7-13-21(18)25)27-23(32)15-19(31)16-26(27)35(28)41(38,39)20-11-4-3-5-12-20/h3-17H,2H2,1H3,(H,34,36)/b24-17+. The van der Waals surface area contributed by atoms with E-state index in [2.05, 4.69) is 5.32 Å². The number of nitrogens with one attached hydrogen (secondary N) is 1. The summed E-state index contributed by atoms with van der Waals surface area (Å²) in [5.41, 5.74) is 0.132. The highest BCUT2D eigenvalue weighted by atomic mass is 35.5. The van der Waals surface area contributed by atoms with Crippen LogP contribution in [0.3, 0.4) is 0 Å². The van der Waals surface area contributed by atoms with Crippen LogP contribution in [-0.4, -0.2) is 30.9 Å². The van der Waals surface area contributed by atoms with Crippen molar-refractivity contribution in [2.24, 2.45) is 0 Å². The summed E-state index contributed by atoms with van der Waals surface area (Å²) in [5, 5.41) is 4.48. The monoisotopic (exact) mass is 626 g/mol. The molecule has 41 heavy (non-hydrogen) atoms. The number of rotatable bonds is 7. The lowest BCUT2D eigenvalue weighted by atomic mass is 10.1. The Morgan fingerprint density at radius 1 is 0.951 bits per heavy atom. The van der Waals surface area contributed by atoms with E-state index in [0.29, 0.717) is 5.69 Å². The van der Waals surface area contributed by atoms with Crippen LogP contribution >= 0.6 is 34.8 Å². The van der Waals surface area contributed by atoms with Gasteiger partial charge < -0.3 is 10.1 Å². The Labute approximate surface area is 250 Å². The van der Waals surface area contributed by atoms with Gasteiger partial charge in [-0.1, -0.05) is 89.4 Å². The molecule has 0 aliphatic rings. The summed E-state index contributed by atoms with van der Waals surface area (Å²) in [6.45, 7) is 1.54. The third kappa shape index (κ3) is 5.44. The number of hydrogen-bond donors (Lipinski definition) is 1. The maximum atomic E-state index is 13.9. The van der Waals surface area contributed by atoms with Gasteiger partial charge in [0.1, 0.15) is 5.03 Å². The largest absolute Gasteiger partial charge is 0.461 e. The molecule has 1 N–H and O–H groups in total.